The number of hydrogen-bond donors (Lipinski definition) is 2. The fraction of sp³-hybridized carbons (Fsp3) is 1.00. The van der Waals surface area contributed by atoms with Gasteiger partial charge in [0.15, 0.2) is 0 Å². The smallest absolute Gasteiger partial charge is 0.0575 e. The molecule has 2 N–H and O–H groups in total. The van der Waals surface area contributed by atoms with Crippen LogP contribution >= 0.6 is 0 Å². The molecule has 2 fully saturated rings. The average molecular weight is 312 g/mol. The number of ether oxygens (including phenoxy) is 1. The normalized spacial score (nSPS) is 35.3. The maximum Gasteiger partial charge on any atom is 0.0575 e. The fourth-order valence-electron chi connectivity index (χ4n) is 4.48. The van der Waals surface area contributed by atoms with Gasteiger partial charge in [-0.3, -0.25) is 0 Å². The van der Waals surface area contributed by atoms with Crippen LogP contribution in [-0.4, -0.2) is 35.6 Å². The van der Waals surface area contributed by atoms with Crippen molar-refractivity contribution in [1.29, 1.82) is 0 Å². The van der Waals surface area contributed by atoms with E-state index in [0.29, 0.717) is 18.1 Å². The lowest BCUT2D eigenvalue weighted by Gasteiger charge is -2.46. The quantitative estimate of drug-likeness (QED) is 0.785. The highest BCUT2D eigenvalue weighted by Gasteiger charge is 2.40. The molecule has 130 valence electrons. The van der Waals surface area contributed by atoms with Crippen LogP contribution in [0.3, 0.4) is 0 Å². The van der Waals surface area contributed by atoms with Gasteiger partial charge in [-0.2, -0.15) is 0 Å². The van der Waals surface area contributed by atoms with E-state index in [2.05, 4.69) is 13.8 Å². The largest absolute Gasteiger partial charge is 0.396 e. The van der Waals surface area contributed by atoms with Crippen LogP contribution in [0.2, 0.25) is 0 Å². The number of hydrogen-bond acceptors (Lipinski definition) is 3. The highest BCUT2D eigenvalue weighted by atomic mass is 16.5. The van der Waals surface area contributed by atoms with Gasteiger partial charge in [0.2, 0.25) is 0 Å². The maximum absolute atomic E-state index is 9.73. The van der Waals surface area contributed by atoms with E-state index in [9.17, 15) is 5.11 Å². The minimum atomic E-state index is -0.0512. The molecule has 0 aliphatic heterocycles. The van der Waals surface area contributed by atoms with Crippen molar-refractivity contribution in [3.63, 3.8) is 0 Å². The van der Waals surface area contributed by atoms with E-state index in [-0.39, 0.29) is 18.6 Å². The van der Waals surface area contributed by atoms with Crippen LogP contribution in [0.15, 0.2) is 0 Å². The molecule has 0 radical (unpaired) electrons. The van der Waals surface area contributed by atoms with Crippen molar-refractivity contribution in [3.05, 3.63) is 0 Å². The Morgan fingerprint density at radius 3 is 1.95 bits per heavy atom. The minimum absolute atomic E-state index is 0.0512. The van der Waals surface area contributed by atoms with E-state index < -0.39 is 0 Å². The molecule has 1 unspecified atom stereocenters. The summed E-state index contributed by atoms with van der Waals surface area (Å²) in [4.78, 5) is 0. The first-order valence-corrected chi connectivity index (χ1v) is 9.34. The van der Waals surface area contributed by atoms with Crippen molar-refractivity contribution in [2.45, 2.75) is 84.3 Å². The van der Waals surface area contributed by atoms with Crippen molar-refractivity contribution >= 4 is 0 Å². The molecule has 2 aliphatic rings. The molecule has 0 aromatic heterocycles. The van der Waals surface area contributed by atoms with Gasteiger partial charge in [0.25, 0.3) is 0 Å². The second kappa shape index (κ2) is 8.12. The molecule has 2 saturated carbocycles. The van der Waals surface area contributed by atoms with Gasteiger partial charge in [0, 0.05) is 12.5 Å². The second-order valence-electron chi connectivity index (χ2n) is 8.42. The van der Waals surface area contributed by atoms with E-state index in [1.807, 2.05) is 6.92 Å². The van der Waals surface area contributed by atoms with Crippen molar-refractivity contribution in [2.24, 2.45) is 23.2 Å². The molecule has 0 bridgehead atoms. The lowest BCUT2D eigenvalue weighted by atomic mass is 9.60. The Balaban J connectivity index is 1.77. The summed E-state index contributed by atoms with van der Waals surface area (Å²) in [7, 11) is 0. The first-order valence-electron chi connectivity index (χ1n) is 9.34. The third kappa shape index (κ3) is 4.69. The predicted octanol–water partition coefficient (Wildman–Crippen LogP) is 3.77. The number of rotatable bonds is 6. The zero-order chi connectivity index (χ0) is 16.2. The number of aliphatic hydroxyl groups excluding tert-OH is 2. The third-order valence-corrected chi connectivity index (χ3v) is 6.40. The topological polar surface area (TPSA) is 49.7 Å². The van der Waals surface area contributed by atoms with E-state index >= 15 is 0 Å². The summed E-state index contributed by atoms with van der Waals surface area (Å²) in [5.74, 6) is 1.82. The summed E-state index contributed by atoms with van der Waals surface area (Å²) in [6.45, 7) is 7.85. The molecular formula is C19H36O3. The zero-order valence-electron chi connectivity index (χ0n) is 14.8. The summed E-state index contributed by atoms with van der Waals surface area (Å²) in [5, 5.41) is 18.8. The Morgan fingerprint density at radius 2 is 1.45 bits per heavy atom. The Kier molecular flexibility index (Phi) is 6.73. The van der Waals surface area contributed by atoms with Gasteiger partial charge in [0.05, 0.1) is 18.8 Å². The van der Waals surface area contributed by atoms with Crippen molar-refractivity contribution in [2.75, 3.05) is 13.2 Å². The first-order chi connectivity index (χ1) is 10.4. The van der Waals surface area contributed by atoms with Gasteiger partial charge in [-0.1, -0.05) is 20.8 Å². The Morgan fingerprint density at radius 1 is 0.955 bits per heavy atom. The van der Waals surface area contributed by atoms with E-state index in [1.54, 1.807) is 0 Å². The van der Waals surface area contributed by atoms with Crippen LogP contribution in [-0.2, 0) is 4.74 Å². The second-order valence-corrected chi connectivity index (χ2v) is 8.42. The van der Waals surface area contributed by atoms with E-state index in [4.69, 9.17) is 9.84 Å². The van der Waals surface area contributed by atoms with Gasteiger partial charge >= 0.3 is 0 Å². The molecule has 3 heteroatoms. The van der Waals surface area contributed by atoms with Crippen molar-refractivity contribution < 1.29 is 14.9 Å². The SMILES string of the molecule is CC(CO)COC1CCC(C(C)(C)C2CCC(O)CC2)CC1. The molecule has 2 rings (SSSR count). The van der Waals surface area contributed by atoms with E-state index in [1.165, 1.54) is 38.5 Å². The molecule has 0 heterocycles. The molecule has 0 spiro atoms. The van der Waals surface area contributed by atoms with Crippen LogP contribution in [0, 0.1) is 23.2 Å². The van der Waals surface area contributed by atoms with Gasteiger partial charge in [0.1, 0.15) is 0 Å². The summed E-state index contributed by atoms with van der Waals surface area (Å²) < 4.78 is 5.96. The molecule has 2 aliphatic carbocycles. The van der Waals surface area contributed by atoms with Crippen molar-refractivity contribution in [1.82, 2.24) is 0 Å². The lowest BCUT2D eigenvalue weighted by molar-refractivity contribution is -0.0352. The fourth-order valence-corrected chi connectivity index (χ4v) is 4.48. The Bertz CT molecular complexity index is 313. The molecule has 1 atom stereocenters. The van der Waals surface area contributed by atoms with Crippen LogP contribution in [0.25, 0.3) is 0 Å². The average Bonchev–Trinajstić information content (AvgIpc) is 2.53. The summed E-state index contributed by atoms with van der Waals surface area (Å²) in [6, 6.07) is 0. The summed E-state index contributed by atoms with van der Waals surface area (Å²) in [5.41, 5.74) is 0.392. The monoisotopic (exact) mass is 312 g/mol. The Labute approximate surface area is 136 Å². The summed E-state index contributed by atoms with van der Waals surface area (Å²) in [6.07, 6.45) is 9.59. The van der Waals surface area contributed by atoms with Crippen LogP contribution in [0.4, 0.5) is 0 Å². The molecule has 22 heavy (non-hydrogen) atoms. The minimum Gasteiger partial charge on any atom is -0.396 e. The molecule has 0 aromatic rings. The highest BCUT2D eigenvalue weighted by molar-refractivity contribution is 4.90. The molecule has 0 amide bonds. The zero-order valence-corrected chi connectivity index (χ0v) is 14.8. The lowest BCUT2D eigenvalue weighted by Crippen LogP contribution is -2.39. The molecule has 0 saturated heterocycles. The maximum atomic E-state index is 9.73. The Hall–Kier alpha value is -0.120. The molecule has 0 aromatic carbocycles. The molecular weight excluding hydrogens is 276 g/mol. The van der Waals surface area contributed by atoms with Gasteiger partial charge in [-0.25, -0.2) is 0 Å². The van der Waals surface area contributed by atoms with Crippen LogP contribution in [0.1, 0.15) is 72.1 Å². The van der Waals surface area contributed by atoms with E-state index in [0.717, 1.165) is 24.7 Å². The number of aliphatic hydroxyl groups is 2. The first kappa shape index (κ1) is 18.2. The van der Waals surface area contributed by atoms with Crippen LogP contribution in [0.5, 0.6) is 0 Å². The summed E-state index contributed by atoms with van der Waals surface area (Å²) >= 11 is 0. The van der Waals surface area contributed by atoms with Crippen molar-refractivity contribution in [3.8, 4) is 0 Å². The highest BCUT2D eigenvalue weighted by Crippen LogP contribution is 2.48. The molecule has 3 nitrogen and oxygen atoms in total. The van der Waals surface area contributed by atoms with Crippen LogP contribution < -0.4 is 0 Å². The van der Waals surface area contributed by atoms with Gasteiger partial charge < -0.3 is 14.9 Å². The third-order valence-electron chi connectivity index (χ3n) is 6.40. The standard InChI is InChI=1S/C19H36O3/c1-14(12-20)13-22-18-10-6-16(7-11-18)19(2,3)15-4-8-17(21)9-5-15/h14-18,20-21H,4-13H2,1-3H3. The predicted molar refractivity (Wildman–Crippen MR) is 89.7 cm³/mol. The van der Waals surface area contributed by atoms with Gasteiger partial charge in [-0.15, -0.1) is 0 Å². The van der Waals surface area contributed by atoms with Gasteiger partial charge in [-0.05, 0) is 68.6 Å².